The molecule has 0 radical (unpaired) electrons. The Hall–Kier alpha value is -3.30. The molecule has 0 saturated heterocycles. The van der Waals surface area contributed by atoms with E-state index < -0.39 is 0 Å². The SMILES string of the molecule is CC(C)c1nc(CSc2nnc(-c3nn(Cc4ccccc4)c(=O)c4ccccc34)o2)cs1. The second-order valence-corrected chi connectivity index (χ2v) is 9.65. The number of thiazole rings is 1. The monoisotopic (exact) mass is 475 g/mol. The van der Waals surface area contributed by atoms with Crippen molar-refractivity contribution in [2.45, 2.75) is 37.3 Å². The molecule has 3 heterocycles. The van der Waals surface area contributed by atoms with Crippen molar-refractivity contribution in [2.24, 2.45) is 0 Å². The van der Waals surface area contributed by atoms with Gasteiger partial charge in [-0.1, -0.05) is 74.1 Å². The Morgan fingerprint density at radius 3 is 2.55 bits per heavy atom. The summed E-state index contributed by atoms with van der Waals surface area (Å²) in [5.41, 5.74) is 2.32. The van der Waals surface area contributed by atoms with Gasteiger partial charge in [0.15, 0.2) is 5.69 Å². The fourth-order valence-corrected chi connectivity index (χ4v) is 5.01. The van der Waals surface area contributed by atoms with Gasteiger partial charge in [-0.15, -0.1) is 21.5 Å². The normalized spacial score (nSPS) is 11.5. The van der Waals surface area contributed by atoms with Crippen molar-refractivity contribution in [2.75, 3.05) is 0 Å². The Morgan fingerprint density at radius 2 is 1.79 bits per heavy atom. The van der Waals surface area contributed by atoms with Crippen molar-refractivity contribution in [3.8, 4) is 11.6 Å². The van der Waals surface area contributed by atoms with Crippen LogP contribution in [0.4, 0.5) is 0 Å². The van der Waals surface area contributed by atoms with E-state index in [4.69, 9.17) is 4.42 Å². The molecule has 5 aromatic rings. The Bertz CT molecular complexity index is 1460. The predicted molar refractivity (Wildman–Crippen MR) is 131 cm³/mol. The van der Waals surface area contributed by atoms with Crippen molar-refractivity contribution in [3.63, 3.8) is 0 Å². The first kappa shape index (κ1) is 21.5. The Kier molecular flexibility index (Phi) is 6.06. The minimum absolute atomic E-state index is 0.156. The second kappa shape index (κ2) is 9.29. The average molecular weight is 476 g/mol. The van der Waals surface area contributed by atoms with Gasteiger partial charge in [-0.05, 0) is 11.6 Å². The van der Waals surface area contributed by atoms with Gasteiger partial charge in [-0.2, -0.15) is 5.10 Å². The van der Waals surface area contributed by atoms with E-state index in [9.17, 15) is 4.79 Å². The van der Waals surface area contributed by atoms with Gasteiger partial charge in [0.25, 0.3) is 16.7 Å². The summed E-state index contributed by atoms with van der Waals surface area (Å²) in [5.74, 6) is 1.35. The highest BCUT2D eigenvalue weighted by molar-refractivity contribution is 7.98. The highest BCUT2D eigenvalue weighted by atomic mass is 32.2. The standard InChI is InChI=1S/C24H21N5O2S2/c1-15(2)22-25-17(13-32-22)14-33-24-27-26-21(31-24)20-18-10-6-7-11-19(18)23(30)29(28-20)12-16-8-4-3-5-9-16/h3-11,13,15H,12,14H2,1-2H3. The summed E-state index contributed by atoms with van der Waals surface area (Å²) in [6.45, 7) is 4.62. The van der Waals surface area contributed by atoms with Crippen LogP contribution in [0.25, 0.3) is 22.4 Å². The average Bonchev–Trinajstić information content (AvgIpc) is 3.50. The third kappa shape index (κ3) is 4.60. The van der Waals surface area contributed by atoms with Gasteiger partial charge in [-0.25, -0.2) is 9.67 Å². The van der Waals surface area contributed by atoms with Crippen LogP contribution in [0.3, 0.4) is 0 Å². The lowest BCUT2D eigenvalue weighted by molar-refractivity contribution is 0.462. The molecule has 0 atom stereocenters. The molecule has 0 unspecified atom stereocenters. The molecule has 2 aromatic carbocycles. The van der Waals surface area contributed by atoms with Crippen LogP contribution in [0.15, 0.2) is 74.4 Å². The molecular formula is C24H21N5O2S2. The maximum atomic E-state index is 13.1. The molecule has 0 fully saturated rings. The van der Waals surface area contributed by atoms with Crippen LogP contribution in [-0.4, -0.2) is 25.0 Å². The van der Waals surface area contributed by atoms with E-state index in [2.05, 4.69) is 39.5 Å². The zero-order valence-corrected chi connectivity index (χ0v) is 19.8. The number of benzene rings is 2. The highest BCUT2D eigenvalue weighted by Crippen LogP contribution is 2.29. The van der Waals surface area contributed by atoms with E-state index in [1.165, 1.54) is 16.4 Å². The summed E-state index contributed by atoms with van der Waals surface area (Å²) < 4.78 is 7.39. The van der Waals surface area contributed by atoms with Crippen LogP contribution >= 0.6 is 23.1 Å². The van der Waals surface area contributed by atoms with Gasteiger partial charge in [0, 0.05) is 22.4 Å². The zero-order chi connectivity index (χ0) is 22.8. The first-order chi connectivity index (χ1) is 16.1. The Morgan fingerprint density at radius 1 is 1.03 bits per heavy atom. The quantitative estimate of drug-likeness (QED) is 0.293. The van der Waals surface area contributed by atoms with Gasteiger partial charge in [0.05, 0.1) is 22.6 Å². The molecule has 0 amide bonds. The van der Waals surface area contributed by atoms with Gasteiger partial charge >= 0.3 is 0 Å². The molecule has 5 rings (SSSR count). The van der Waals surface area contributed by atoms with Crippen molar-refractivity contribution in [3.05, 3.63) is 86.6 Å². The van der Waals surface area contributed by atoms with Gasteiger partial charge in [-0.3, -0.25) is 4.79 Å². The summed E-state index contributed by atoms with van der Waals surface area (Å²) in [4.78, 5) is 17.7. The number of hydrogen-bond acceptors (Lipinski definition) is 8. The Balaban J connectivity index is 1.46. The molecule has 0 spiro atoms. The minimum atomic E-state index is -0.156. The molecule has 0 aliphatic carbocycles. The Labute approximate surface area is 198 Å². The van der Waals surface area contributed by atoms with Gasteiger partial charge in [0.2, 0.25) is 0 Å². The first-order valence-corrected chi connectivity index (χ1v) is 12.4. The van der Waals surface area contributed by atoms with Crippen LogP contribution in [0.1, 0.15) is 36.0 Å². The summed E-state index contributed by atoms with van der Waals surface area (Å²) in [5, 5.41) is 17.9. The number of hydrogen-bond donors (Lipinski definition) is 0. The van der Waals surface area contributed by atoms with Crippen LogP contribution in [0.5, 0.6) is 0 Å². The van der Waals surface area contributed by atoms with Crippen LogP contribution < -0.4 is 5.56 Å². The molecule has 33 heavy (non-hydrogen) atoms. The molecule has 3 aromatic heterocycles. The fraction of sp³-hybridized carbons (Fsp3) is 0.208. The molecule has 9 heteroatoms. The summed E-state index contributed by atoms with van der Waals surface area (Å²) in [6.07, 6.45) is 0. The fourth-order valence-electron chi connectivity index (χ4n) is 3.41. The third-order valence-corrected chi connectivity index (χ3v) is 7.11. The van der Waals surface area contributed by atoms with Crippen molar-refractivity contribution >= 4 is 33.9 Å². The molecule has 0 aliphatic rings. The van der Waals surface area contributed by atoms with E-state index in [1.54, 1.807) is 17.4 Å². The smallest absolute Gasteiger partial charge is 0.277 e. The van der Waals surface area contributed by atoms with E-state index in [1.807, 2.05) is 48.5 Å². The largest absolute Gasteiger partial charge is 0.409 e. The molecular weight excluding hydrogens is 454 g/mol. The van der Waals surface area contributed by atoms with Crippen LogP contribution in [-0.2, 0) is 12.3 Å². The van der Waals surface area contributed by atoms with E-state index in [-0.39, 0.29) is 11.4 Å². The predicted octanol–water partition coefficient (Wildman–Crippen LogP) is 5.37. The van der Waals surface area contributed by atoms with Crippen LogP contribution in [0, 0.1) is 0 Å². The molecule has 0 saturated carbocycles. The topological polar surface area (TPSA) is 86.7 Å². The summed E-state index contributed by atoms with van der Waals surface area (Å²) in [7, 11) is 0. The lowest BCUT2D eigenvalue weighted by Gasteiger charge is -2.09. The molecule has 0 N–H and O–H groups in total. The van der Waals surface area contributed by atoms with Crippen molar-refractivity contribution in [1.82, 2.24) is 25.0 Å². The number of fused-ring (bicyclic) bond motifs is 1. The lowest BCUT2D eigenvalue weighted by atomic mass is 10.1. The van der Waals surface area contributed by atoms with E-state index >= 15 is 0 Å². The maximum absolute atomic E-state index is 13.1. The van der Waals surface area contributed by atoms with E-state index in [0.29, 0.717) is 39.9 Å². The number of nitrogens with zero attached hydrogens (tertiary/aromatic N) is 5. The van der Waals surface area contributed by atoms with Crippen LogP contribution in [0.2, 0.25) is 0 Å². The third-order valence-electron chi connectivity index (χ3n) is 5.06. The number of thioether (sulfide) groups is 1. The summed E-state index contributed by atoms with van der Waals surface area (Å²) >= 11 is 3.10. The number of aromatic nitrogens is 5. The van der Waals surface area contributed by atoms with Crippen molar-refractivity contribution in [1.29, 1.82) is 0 Å². The molecule has 166 valence electrons. The summed E-state index contributed by atoms with van der Waals surface area (Å²) in [6, 6.07) is 17.1. The number of rotatable bonds is 7. The van der Waals surface area contributed by atoms with Gasteiger partial charge < -0.3 is 4.42 Å². The van der Waals surface area contributed by atoms with Crippen molar-refractivity contribution < 1.29 is 4.42 Å². The van der Waals surface area contributed by atoms with Gasteiger partial charge in [0.1, 0.15) is 0 Å². The second-order valence-electron chi connectivity index (χ2n) is 7.84. The lowest BCUT2D eigenvalue weighted by Crippen LogP contribution is -2.24. The molecule has 0 bridgehead atoms. The van der Waals surface area contributed by atoms with E-state index in [0.717, 1.165) is 16.3 Å². The zero-order valence-electron chi connectivity index (χ0n) is 18.1. The molecule has 7 nitrogen and oxygen atoms in total. The highest BCUT2D eigenvalue weighted by Gasteiger charge is 2.18. The maximum Gasteiger partial charge on any atom is 0.277 e. The minimum Gasteiger partial charge on any atom is -0.409 e. The first-order valence-electron chi connectivity index (χ1n) is 10.5. The molecule has 0 aliphatic heterocycles.